The van der Waals surface area contributed by atoms with Gasteiger partial charge in [0.2, 0.25) is 17.0 Å². The van der Waals surface area contributed by atoms with E-state index >= 15 is 0 Å². The van der Waals surface area contributed by atoms with E-state index in [1.165, 1.54) is 0 Å². The molecule has 0 aliphatic rings. The van der Waals surface area contributed by atoms with Gasteiger partial charge in [-0.05, 0) is 52.4 Å². The molecule has 0 aromatic heterocycles. The van der Waals surface area contributed by atoms with E-state index in [1.54, 1.807) is 0 Å². The highest BCUT2D eigenvalue weighted by molar-refractivity contribution is 7.05. The van der Waals surface area contributed by atoms with Gasteiger partial charge in [0.1, 0.15) is 32.9 Å². The molecule has 0 unspecified atom stereocenters. The van der Waals surface area contributed by atoms with Crippen molar-refractivity contribution < 1.29 is 12.3 Å². The van der Waals surface area contributed by atoms with Crippen molar-refractivity contribution in [3.63, 3.8) is 0 Å². The Morgan fingerprint density at radius 2 is 0.485 bits per heavy atom. The van der Waals surface area contributed by atoms with Crippen molar-refractivity contribution >= 4 is 67.0 Å². The summed E-state index contributed by atoms with van der Waals surface area (Å²) in [7, 11) is -15.1. The zero-order chi connectivity index (χ0) is 27.3. The van der Waals surface area contributed by atoms with Gasteiger partial charge in [0.05, 0.1) is 0 Å². The summed E-state index contributed by atoms with van der Waals surface area (Å²) in [6.07, 6.45) is 0. The molecule has 0 saturated carbocycles. The molecule has 0 aliphatic heterocycles. The fourth-order valence-electron chi connectivity index (χ4n) is 7.17. The summed E-state index contributed by atoms with van der Waals surface area (Å²) in [6.45, 7) is 48.2. The van der Waals surface area contributed by atoms with Crippen molar-refractivity contribution in [2.75, 3.05) is 0 Å². The first-order valence-corrected chi connectivity index (χ1v) is 37.7. The quantitative estimate of drug-likeness (QED) is 0.214. The third kappa shape index (κ3) is 10.8. The Hall–Kier alpha value is 1.54. The number of nitrogens with zero attached hydrogens (tertiary/aromatic N) is 2. The predicted molar refractivity (Wildman–Crippen MR) is 170 cm³/mol. The van der Waals surface area contributed by atoms with Gasteiger partial charge in [0, 0.05) is 0 Å². The Labute approximate surface area is 217 Å². The van der Waals surface area contributed by atoms with Gasteiger partial charge in [0.25, 0.3) is 0 Å². The van der Waals surface area contributed by atoms with Crippen LogP contribution in [0.1, 0.15) is 0 Å². The average Bonchev–Trinajstić information content (AvgIpc) is 2.21. The summed E-state index contributed by atoms with van der Waals surface area (Å²) in [5.41, 5.74) is 0. The molecule has 0 aromatic rings. The molecule has 0 bridgehead atoms. The Bertz CT molecular complexity index is 576. The SMILES string of the molecule is C[Si](C)(O[Si](C)(C)O[Si](C)(C)N([Si](C)(C)C)[Si](C)(C)C)O[Si](C)(C)N([Si](C)(C)C)[Si](C)(C)C. The van der Waals surface area contributed by atoms with E-state index in [-0.39, 0.29) is 0 Å². The highest BCUT2D eigenvalue weighted by Gasteiger charge is 2.53. The Balaban J connectivity index is 5.92. The summed E-state index contributed by atoms with van der Waals surface area (Å²) < 4.78 is 27.0. The number of hydrogen-bond acceptors (Lipinski definition) is 5. The van der Waals surface area contributed by atoms with Crippen molar-refractivity contribution in [2.24, 2.45) is 0 Å². The zero-order valence-corrected chi connectivity index (χ0v) is 34.1. The second-order valence-corrected chi connectivity index (χ2v) is 51.9. The van der Waals surface area contributed by atoms with Crippen molar-refractivity contribution in [1.82, 2.24) is 7.79 Å². The maximum Gasteiger partial charge on any atom is 0.313 e. The van der Waals surface area contributed by atoms with E-state index in [1.807, 2.05) is 0 Å². The molecule has 13 heteroatoms. The van der Waals surface area contributed by atoms with E-state index in [2.05, 4.69) is 139 Å². The van der Waals surface area contributed by atoms with Gasteiger partial charge in [-0.2, -0.15) is 0 Å². The minimum atomic E-state index is -2.39. The lowest BCUT2D eigenvalue weighted by molar-refractivity contribution is 0.316. The van der Waals surface area contributed by atoms with E-state index in [0.717, 1.165) is 0 Å². The molecule has 0 heterocycles. The molecule has 0 spiro atoms. The topological polar surface area (TPSA) is 34.2 Å². The molecular formula is C20H60N2O3Si8. The molecule has 0 aliphatic carbocycles. The molecule has 0 atom stereocenters. The molecule has 0 rings (SSSR count). The Kier molecular flexibility index (Phi) is 10.8. The van der Waals surface area contributed by atoms with Crippen LogP contribution < -0.4 is 0 Å². The Morgan fingerprint density at radius 3 is 0.636 bits per heavy atom. The van der Waals surface area contributed by atoms with Gasteiger partial charge in [-0.3, -0.25) is 0 Å². The monoisotopic (exact) mass is 600 g/mol. The van der Waals surface area contributed by atoms with Crippen molar-refractivity contribution in [1.29, 1.82) is 0 Å². The Morgan fingerprint density at radius 1 is 0.303 bits per heavy atom. The molecule has 0 N–H and O–H groups in total. The van der Waals surface area contributed by atoms with E-state index in [4.69, 9.17) is 12.3 Å². The van der Waals surface area contributed by atoms with E-state index < -0.39 is 67.0 Å². The maximum atomic E-state index is 7.11. The van der Waals surface area contributed by atoms with E-state index in [9.17, 15) is 0 Å². The van der Waals surface area contributed by atoms with Crippen molar-refractivity contribution in [3.05, 3.63) is 0 Å². The third-order valence-corrected chi connectivity index (χ3v) is 47.2. The first-order valence-electron chi connectivity index (χ1n) is 12.6. The van der Waals surface area contributed by atoms with Gasteiger partial charge < -0.3 is 20.1 Å². The van der Waals surface area contributed by atoms with Crippen LogP contribution in [0.25, 0.3) is 0 Å². The predicted octanol–water partition coefficient (Wildman–Crippen LogP) is 7.79. The largest absolute Gasteiger partial charge is 0.425 e. The molecule has 0 amide bonds. The number of hydrogen-bond donors (Lipinski definition) is 0. The molecule has 0 saturated heterocycles. The van der Waals surface area contributed by atoms with E-state index in [0.29, 0.717) is 0 Å². The standard InChI is InChI=1S/C20H60N2O3Si8/c1-26(2,3)21(27(4,5)6)30(13,14)23-32(17,18)25-33(19,20)24-31(15,16)22(28(7,8)9)29(10,11)12/h1-20H3. The molecule has 0 fully saturated rings. The summed E-state index contributed by atoms with van der Waals surface area (Å²) in [5.74, 6) is 0. The van der Waals surface area contributed by atoms with Crippen LogP contribution in [0.5, 0.6) is 0 Å². The third-order valence-electron chi connectivity index (χ3n) is 5.24. The van der Waals surface area contributed by atoms with Gasteiger partial charge >= 0.3 is 17.1 Å². The van der Waals surface area contributed by atoms with Crippen LogP contribution in [0.2, 0.25) is 131 Å². The first kappa shape index (κ1) is 34.5. The zero-order valence-electron chi connectivity index (χ0n) is 26.1. The van der Waals surface area contributed by atoms with Crippen LogP contribution in [-0.4, -0.2) is 74.8 Å². The normalized spacial score (nSPS) is 16.2. The molecule has 5 nitrogen and oxygen atoms in total. The fraction of sp³-hybridized carbons (Fsp3) is 1.00. The molecule has 0 aromatic carbocycles. The van der Waals surface area contributed by atoms with Gasteiger partial charge in [0.15, 0.2) is 0 Å². The summed E-state index contributed by atoms with van der Waals surface area (Å²) in [6, 6.07) is 0. The second-order valence-electron chi connectivity index (χ2n) is 15.4. The fourth-order valence-corrected chi connectivity index (χ4v) is 66.9. The molecule has 0 radical (unpaired) electrons. The van der Waals surface area contributed by atoms with Gasteiger partial charge in [-0.1, -0.05) is 78.6 Å². The minimum absolute atomic E-state index is 1.52. The minimum Gasteiger partial charge on any atom is -0.425 e. The second kappa shape index (κ2) is 10.4. The lowest BCUT2D eigenvalue weighted by atomic mass is 11.8. The molecule has 33 heavy (non-hydrogen) atoms. The smallest absolute Gasteiger partial charge is 0.313 e. The van der Waals surface area contributed by atoms with Crippen LogP contribution in [-0.2, 0) is 12.3 Å². The maximum absolute atomic E-state index is 7.11. The van der Waals surface area contributed by atoms with Crippen LogP contribution in [0, 0.1) is 0 Å². The molecular weight excluding hydrogens is 541 g/mol. The van der Waals surface area contributed by atoms with Gasteiger partial charge in [-0.25, -0.2) is 0 Å². The lowest BCUT2D eigenvalue weighted by Crippen LogP contribution is -2.74. The van der Waals surface area contributed by atoms with Crippen molar-refractivity contribution in [2.45, 2.75) is 131 Å². The van der Waals surface area contributed by atoms with Gasteiger partial charge in [-0.15, -0.1) is 0 Å². The average molecular weight is 601 g/mol. The summed E-state index contributed by atoms with van der Waals surface area (Å²) in [5, 5.41) is 0. The van der Waals surface area contributed by atoms with Crippen LogP contribution in [0.15, 0.2) is 0 Å². The van der Waals surface area contributed by atoms with Crippen LogP contribution >= 0.6 is 0 Å². The number of rotatable bonds is 12. The highest BCUT2D eigenvalue weighted by atomic mass is 28.5. The first-order chi connectivity index (χ1) is 13.9. The molecule has 200 valence electrons. The van der Waals surface area contributed by atoms with Crippen molar-refractivity contribution in [3.8, 4) is 0 Å². The van der Waals surface area contributed by atoms with Crippen LogP contribution in [0.4, 0.5) is 0 Å². The summed E-state index contributed by atoms with van der Waals surface area (Å²) in [4.78, 5) is 0. The van der Waals surface area contributed by atoms with Crippen LogP contribution in [0.3, 0.4) is 0 Å². The summed E-state index contributed by atoms with van der Waals surface area (Å²) >= 11 is 0. The lowest BCUT2D eigenvalue weighted by Gasteiger charge is -2.55. The highest BCUT2D eigenvalue weighted by Crippen LogP contribution is 2.34.